The van der Waals surface area contributed by atoms with Crippen molar-refractivity contribution in [3.63, 3.8) is 0 Å². The fourth-order valence-electron chi connectivity index (χ4n) is 2.96. The average Bonchev–Trinajstić information content (AvgIpc) is 3.38. The lowest BCUT2D eigenvalue weighted by molar-refractivity contribution is 0.414. The molecule has 0 aliphatic carbocycles. The predicted molar refractivity (Wildman–Crippen MR) is 114 cm³/mol. The maximum Gasteiger partial charge on any atom is 0.226 e. The number of benzene rings is 1. The summed E-state index contributed by atoms with van der Waals surface area (Å²) in [5, 5.41) is 10.8. The van der Waals surface area contributed by atoms with Crippen LogP contribution in [0.3, 0.4) is 0 Å². The zero-order chi connectivity index (χ0) is 19.3. The van der Waals surface area contributed by atoms with Crippen LogP contribution in [-0.4, -0.2) is 39.7 Å². The third kappa shape index (κ3) is 3.77. The minimum absolute atomic E-state index is 0.596. The van der Waals surface area contributed by atoms with Crippen LogP contribution in [-0.2, 0) is 6.42 Å². The molecule has 3 heterocycles. The van der Waals surface area contributed by atoms with Crippen LogP contribution in [0.25, 0.3) is 16.9 Å². The third-order valence-electron chi connectivity index (χ3n) is 4.38. The Hall–Kier alpha value is -3.13. The van der Waals surface area contributed by atoms with E-state index in [1.165, 1.54) is 5.56 Å². The molecule has 0 saturated heterocycles. The highest BCUT2D eigenvalue weighted by Gasteiger charge is 2.14. The first-order valence-electron chi connectivity index (χ1n) is 9.17. The molecular formula is C20H22N6OS. The Morgan fingerprint density at radius 3 is 2.68 bits per heavy atom. The zero-order valence-electron chi connectivity index (χ0n) is 15.8. The molecule has 0 aliphatic rings. The van der Waals surface area contributed by atoms with E-state index in [0.29, 0.717) is 5.95 Å². The molecule has 0 atom stereocenters. The highest BCUT2D eigenvalue weighted by atomic mass is 32.1. The highest BCUT2D eigenvalue weighted by Crippen LogP contribution is 2.24. The molecule has 3 aromatic heterocycles. The molecule has 0 fully saturated rings. The van der Waals surface area contributed by atoms with Crippen LogP contribution in [0.5, 0.6) is 5.75 Å². The maximum absolute atomic E-state index is 5.21. The van der Waals surface area contributed by atoms with E-state index >= 15 is 0 Å². The molecule has 0 bridgehead atoms. The first kappa shape index (κ1) is 18.2. The average molecular weight is 395 g/mol. The van der Waals surface area contributed by atoms with Gasteiger partial charge in [-0.2, -0.15) is 21.3 Å². The van der Waals surface area contributed by atoms with Gasteiger partial charge in [-0.15, -0.1) is 0 Å². The van der Waals surface area contributed by atoms with Gasteiger partial charge in [0.05, 0.1) is 12.8 Å². The largest absolute Gasteiger partial charge is 0.497 e. The lowest BCUT2D eigenvalue weighted by Gasteiger charge is -2.10. The van der Waals surface area contributed by atoms with E-state index in [4.69, 9.17) is 4.74 Å². The van der Waals surface area contributed by atoms with Gasteiger partial charge in [-0.1, -0.05) is 12.1 Å². The summed E-state index contributed by atoms with van der Waals surface area (Å²) in [4.78, 5) is 13.8. The molecule has 4 aromatic rings. The van der Waals surface area contributed by atoms with Crippen molar-refractivity contribution in [3.8, 4) is 11.4 Å². The molecule has 0 unspecified atom stereocenters. The second-order valence-electron chi connectivity index (χ2n) is 6.22. The van der Waals surface area contributed by atoms with E-state index in [-0.39, 0.29) is 0 Å². The molecule has 0 aliphatic heterocycles. The van der Waals surface area contributed by atoms with Crippen LogP contribution in [0, 0.1) is 0 Å². The van der Waals surface area contributed by atoms with E-state index in [0.717, 1.165) is 47.9 Å². The summed E-state index contributed by atoms with van der Waals surface area (Å²) in [6.07, 6.45) is 2.67. The van der Waals surface area contributed by atoms with Gasteiger partial charge in [-0.05, 0) is 42.5 Å². The Kier molecular flexibility index (Phi) is 5.38. The second-order valence-corrected chi connectivity index (χ2v) is 7.00. The molecule has 2 N–H and O–H groups in total. The number of aromatic nitrogens is 4. The van der Waals surface area contributed by atoms with E-state index in [9.17, 15) is 0 Å². The zero-order valence-corrected chi connectivity index (χ0v) is 16.7. The first-order chi connectivity index (χ1) is 13.8. The van der Waals surface area contributed by atoms with Crippen molar-refractivity contribution in [2.45, 2.75) is 13.3 Å². The molecule has 1 aromatic carbocycles. The van der Waals surface area contributed by atoms with E-state index in [1.807, 2.05) is 29.0 Å². The third-order valence-corrected chi connectivity index (χ3v) is 5.05. The number of ether oxygens (including phenoxy) is 1. The first-order valence-corrected chi connectivity index (χ1v) is 10.1. The summed E-state index contributed by atoms with van der Waals surface area (Å²) in [6.45, 7) is 3.53. The van der Waals surface area contributed by atoms with Gasteiger partial charge >= 0.3 is 0 Å². The Balaban J connectivity index is 1.58. The number of hydrogen-bond acceptors (Lipinski definition) is 7. The summed E-state index contributed by atoms with van der Waals surface area (Å²) >= 11 is 1.65. The number of nitrogens with one attached hydrogen (secondary N) is 2. The second kappa shape index (κ2) is 8.26. The number of rotatable bonds is 8. The predicted octanol–water partition coefficient (Wildman–Crippen LogP) is 3.97. The topological polar surface area (TPSA) is 76.9 Å². The monoisotopic (exact) mass is 394 g/mol. The SMILES string of the molecule is CCNc1nc(NCCc2ccc(OC)cc2)c2ncn(-c3ccsc3)c2n1. The van der Waals surface area contributed by atoms with Gasteiger partial charge in [0.1, 0.15) is 12.1 Å². The molecule has 0 saturated carbocycles. The molecule has 144 valence electrons. The van der Waals surface area contributed by atoms with Crippen molar-refractivity contribution < 1.29 is 4.74 Å². The Morgan fingerprint density at radius 2 is 1.96 bits per heavy atom. The Labute approximate surface area is 167 Å². The van der Waals surface area contributed by atoms with Crippen LogP contribution >= 0.6 is 11.3 Å². The molecule has 0 radical (unpaired) electrons. The summed E-state index contributed by atoms with van der Waals surface area (Å²) in [5.74, 6) is 2.20. The van der Waals surface area contributed by atoms with Gasteiger partial charge in [0.25, 0.3) is 0 Å². The molecule has 0 amide bonds. The Bertz CT molecular complexity index is 1040. The van der Waals surface area contributed by atoms with Crippen molar-refractivity contribution in [1.82, 2.24) is 19.5 Å². The van der Waals surface area contributed by atoms with Crippen molar-refractivity contribution in [3.05, 3.63) is 53.0 Å². The fraction of sp³-hybridized carbons (Fsp3) is 0.250. The minimum Gasteiger partial charge on any atom is -0.497 e. The van der Waals surface area contributed by atoms with Crippen LogP contribution in [0.4, 0.5) is 11.8 Å². The van der Waals surface area contributed by atoms with E-state index in [1.54, 1.807) is 24.8 Å². The quantitative estimate of drug-likeness (QED) is 0.471. The molecule has 4 rings (SSSR count). The number of anilines is 2. The number of nitrogens with zero attached hydrogens (tertiary/aromatic N) is 4. The Morgan fingerprint density at radius 1 is 1.11 bits per heavy atom. The smallest absolute Gasteiger partial charge is 0.226 e. The van der Waals surface area contributed by atoms with Crippen molar-refractivity contribution in [2.75, 3.05) is 30.8 Å². The van der Waals surface area contributed by atoms with E-state index < -0.39 is 0 Å². The van der Waals surface area contributed by atoms with E-state index in [2.05, 4.69) is 49.2 Å². The number of thiophene rings is 1. The van der Waals surface area contributed by atoms with Gasteiger partial charge in [0, 0.05) is 18.5 Å². The standard InChI is InChI=1S/C20H22N6OS/c1-3-21-20-24-18(22-10-8-14-4-6-16(27-2)7-5-14)17-19(25-20)26(13-23-17)15-9-11-28-12-15/h4-7,9,11-13H,3,8,10H2,1-2H3,(H2,21,22,24,25). The van der Waals surface area contributed by atoms with Crippen molar-refractivity contribution >= 4 is 34.3 Å². The van der Waals surface area contributed by atoms with Gasteiger partial charge in [-0.3, -0.25) is 4.57 Å². The number of imidazole rings is 1. The fourth-order valence-corrected chi connectivity index (χ4v) is 3.59. The maximum atomic E-state index is 5.21. The molecule has 28 heavy (non-hydrogen) atoms. The van der Waals surface area contributed by atoms with Gasteiger partial charge < -0.3 is 15.4 Å². The number of fused-ring (bicyclic) bond motifs is 1. The molecule has 8 heteroatoms. The van der Waals surface area contributed by atoms with Gasteiger partial charge in [0.2, 0.25) is 5.95 Å². The lowest BCUT2D eigenvalue weighted by atomic mass is 10.1. The molecule has 0 spiro atoms. The van der Waals surface area contributed by atoms with Crippen molar-refractivity contribution in [2.24, 2.45) is 0 Å². The minimum atomic E-state index is 0.596. The summed E-state index contributed by atoms with van der Waals surface area (Å²) in [6, 6.07) is 10.2. The van der Waals surface area contributed by atoms with Gasteiger partial charge in [0.15, 0.2) is 17.0 Å². The van der Waals surface area contributed by atoms with Crippen LogP contribution < -0.4 is 15.4 Å². The highest BCUT2D eigenvalue weighted by molar-refractivity contribution is 7.08. The summed E-state index contributed by atoms with van der Waals surface area (Å²) in [5.41, 5.74) is 3.84. The normalized spacial score (nSPS) is 10.9. The lowest BCUT2D eigenvalue weighted by Crippen LogP contribution is -2.10. The number of methoxy groups -OCH3 is 1. The van der Waals surface area contributed by atoms with Crippen LogP contribution in [0.2, 0.25) is 0 Å². The van der Waals surface area contributed by atoms with Crippen LogP contribution in [0.15, 0.2) is 47.4 Å². The van der Waals surface area contributed by atoms with Crippen LogP contribution in [0.1, 0.15) is 12.5 Å². The van der Waals surface area contributed by atoms with Gasteiger partial charge in [-0.25, -0.2) is 4.98 Å². The summed E-state index contributed by atoms with van der Waals surface area (Å²) in [7, 11) is 1.67. The summed E-state index contributed by atoms with van der Waals surface area (Å²) < 4.78 is 7.20. The molecule has 7 nitrogen and oxygen atoms in total. The molecular weight excluding hydrogens is 372 g/mol. The van der Waals surface area contributed by atoms with Crippen molar-refractivity contribution in [1.29, 1.82) is 0 Å². The number of hydrogen-bond donors (Lipinski definition) is 2.